The van der Waals surface area contributed by atoms with Crippen LogP contribution in [0.5, 0.6) is 0 Å². The van der Waals surface area contributed by atoms with Crippen molar-refractivity contribution in [1.82, 2.24) is 5.27 Å². The summed E-state index contributed by atoms with van der Waals surface area (Å²) in [5.41, 5.74) is 1.78. The number of amidine groups is 1. The van der Waals surface area contributed by atoms with E-state index in [9.17, 15) is 9.90 Å². The molecule has 1 amide bonds. The van der Waals surface area contributed by atoms with E-state index in [2.05, 4.69) is 31.2 Å². The molecule has 0 fully saturated rings. The second-order valence-corrected chi connectivity index (χ2v) is 8.90. The first-order chi connectivity index (χ1) is 16.5. The van der Waals surface area contributed by atoms with Crippen LogP contribution in [0, 0.1) is 0 Å². The minimum Gasteiger partial charge on any atom is -0.861 e. The van der Waals surface area contributed by atoms with Crippen molar-refractivity contribution < 1.29 is 23.8 Å². The molecular formula is C23H20BrN5O4S. The number of aliphatic imine (C=N–C) groups is 2. The third-order valence-electron chi connectivity index (χ3n) is 4.58. The van der Waals surface area contributed by atoms with E-state index in [0.717, 1.165) is 21.8 Å². The number of para-hydroxylation sites is 1. The van der Waals surface area contributed by atoms with Gasteiger partial charge < -0.3 is 9.84 Å². The number of amides is 1. The summed E-state index contributed by atoms with van der Waals surface area (Å²) < 4.78 is 12.4. The van der Waals surface area contributed by atoms with E-state index in [0.29, 0.717) is 24.0 Å². The van der Waals surface area contributed by atoms with Crippen molar-refractivity contribution in [2.75, 3.05) is 24.4 Å². The number of methoxy groups -OCH3 is 1. The molecule has 34 heavy (non-hydrogen) atoms. The van der Waals surface area contributed by atoms with Gasteiger partial charge in [0.2, 0.25) is 11.8 Å². The van der Waals surface area contributed by atoms with Gasteiger partial charge in [0.25, 0.3) is 12.1 Å². The highest BCUT2D eigenvalue weighted by Gasteiger charge is 2.31. The van der Waals surface area contributed by atoms with Crippen LogP contribution in [0.4, 0.5) is 11.6 Å². The third kappa shape index (κ3) is 5.99. The number of carbonyl (C=O) groups is 1. The Bertz CT molecular complexity index is 1260. The first-order valence-corrected chi connectivity index (χ1v) is 12.0. The zero-order valence-electron chi connectivity index (χ0n) is 18.1. The van der Waals surface area contributed by atoms with Crippen LogP contribution in [-0.2, 0) is 16.1 Å². The Balaban J connectivity index is 1.54. The van der Waals surface area contributed by atoms with Gasteiger partial charge in [0.05, 0.1) is 5.69 Å². The number of thioether (sulfide) groups is 1. The molecule has 0 saturated heterocycles. The third-order valence-corrected chi connectivity index (χ3v) is 6.00. The number of hydrogen-bond acceptors (Lipinski definition) is 8. The highest BCUT2D eigenvalue weighted by Crippen LogP contribution is 2.29. The Morgan fingerprint density at radius 1 is 1.29 bits per heavy atom. The number of ether oxygens (including phenoxy) is 1. The summed E-state index contributed by atoms with van der Waals surface area (Å²) in [6.07, 6.45) is 3.24. The van der Waals surface area contributed by atoms with Crippen molar-refractivity contribution in [3.05, 3.63) is 76.5 Å². The van der Waals surface area contributed by atoms with E-state index in [1.165, 1.54) is 15.8 Å². The van der Waals surface area contributed by atoms with Gasteiger partial charge in [0.1, 0.15) is 12.3 Å². The molecule has 2 aromatic carbocycles. The van der Waals surface area contributed by atoms with E-state index < -0.39 is 5.90 Å². The van der Waals surface area contributed by atoms with Crippen LogP contribution in [-0.4, -0.2) is 41.7 Å². The summed E-state index contributed by atoms with van der Waals surface area (Å²) in [6.45, 7) is 0.940. The number of benzene rings is 2. The molecule has 9 nitrogen and oxygen atoms in total. The van der Waals surface area contributed by atoms with Crippen molar-refractivity contribution >= 4 is 62.3 Å². The Labute approximate surface area is 208 Å². The smallest absolute Gasteiger partial charge is 0.320 e. The van der Waals surface area contributed by atoms with E-state index in [-0.39, 0.29) is 23.2 Å². The van der Waals surface area contributed by atoms with Crippen LogP contribution in [0.2, 0.25) is 0 Å². The zero-order chi connectivity index (χ0) is 23.9. The van der Waals surface area contributed by atoms with Gasteiger partial charge in [-0.15, -0.1) is 0 Å². The Morgan fingerprint density at radius 2 is 2.12 bits per heavy atom. The second kappa shape index (κ2) is 11.2. The van der Waals surface area contributed by atoms with Crippen LogP contribution in [0.3, 0.4) is 0 Å². The molecule has 0 N–H and O–H groups in total. The van der Waals surface area contributed by atoms with Crippen LogP contribution in [0.1, 0.15) is 5.56 Å². The minimum absolute atomic E-state index is 0.0294. The lowest BCUT2D eigenvalue weighted by atomic mass is 10.2. The predicted molar refractivity (Wildman–Crippen MR) is 132 cm³/mol. The van der Waals surface area contributed by atoms with E-state index in [1.54, 1.807) is 13.2 Å². The largest absolute Gasteiger partial charge is 0.861 e. The molecule has 11 heteroatoms. The lowest BCUT2D eigenvalue weighted by molar-refractivity contribution is -0.763. The molecule has 0 unspecified atom stereocenters. The zero-order valence-corrected chi connectivity index (χ0v) is 20.5. The average Bonchev–Trinajstić information content (AvgIpc) is 3.40. The highest BCUT2D eigenvalue weighted by molar-refractivity contribution is 9.10. The van der Waals surface area contributed by atoms with Gasteiger partial charge in [0.15, 0.2) is 5.17 Å². The molecule has 0 saturated carbocycles. The molecule has 0 radical (unpaired) electrons. The maximum Gasteiger partial charge on any atom is 0.320 e. The molecule has 0 bridgehead atoms. The number of carbonyl (C=O) groups excluding carboxylic acids is 1. The van der Waals surface area contributed by atoms with Gasteiger partial charge in [-0.25, -0.2) is 9.98 Å². The SMILES string of the molecule is COCC[n+]1cc(/N=C(\[O-])CSC2=N/C(=C/c3cccc(Br)c3)C(=O)N2c2ccccc2)on1. The van der Waals surface area contributed by atoms with Gasteiger partial charge in [-0.2, -0.15) is 0 Å². The maximum absolute atomic E-state index is 13.2. The first kappa shape index (κ1) is 23.9. The average molecular weight is 542 g/mol. The van der Waals surface area contributed by atoms with Gasteiger partial charge >= 0.3 is 5.88 Å². The fraction of sp³-hybridized carbons (Fsp3) is 0.174. The monoisotopic (exact) mass is 541 g/mol. The molecule has 0 atom stereocenters. The number of halogens is 1. The molecule has 1 aliphatic heterocycles. The number of hydrogen-bond donors (Lipinski definition) is 0. The van der Waals surface area contributed by atoms with Crippen molar-refractivity contribution in [2.24, 2.45) is 9.98 Å². The van der Waals surface area contributed by atoms with Crippen molar-refractivity contribution in [3.63, 3.8) is 0 Å². The van der Waals surface area contributed by atoms with Crippen LogP contribution in [0.15, 0.2) is 85.5 Å². The summed E-state index contributed by atoms with van der Waals surface area (Å²) in [5, 5.41) is 16.6. The fourth-order valence-electron chi connectivity index (χ4n) is 3.04. The normalized spacial score (nSPS) is 15.3. The lowest BCUT2D eigenvalue weighted by Crippen LogP contribution is -2.36. The van der Waals surface area contributed by atoms with E-state index in [1.807, 2.05) is 54.6 Å². The quantitative estimate of drug-likeness (QED) is 0.188. The summed E-state index contributed by atoms with van der Waals surface area (Å²) in [6, 6.07) is 16.7. The first-order valence-electron chi connectivity index (χ1n) is 10.2. The van der Waals surface area contributed by atoms with Gasteiger partial charge in [-0.05, 0) is 46.5 Å². The van der Waals surface area contributed by atoms with Gasteiger partial charge in [-0.1, -0.05) is 58.0 Å². The van der Waals surface area contributed by atoms with Gasteiger partial charge in [-0.3, -0.25) is 14.2 Å². The van der Waals surface area contributed by atoms with Crippen molar-refractivity contribution in [1.29, 1.82) is 0 Å². The molecule has 3 aromatic rings. The molecule has 4 rings (SSSR count). The fourth-order valence-corrected chi connectivity index (χ4v) is 4.26. The predicted octanol–water partition coefficient (Wildman–Crippen LogP) is 2.94. The summed E-state index contributed by atoms with van der Waals surface area (Å²) in [7, 11) is 1.58. The maximum atomic E-state index is 13.2. The molecule has 1 aromatic heterocycles. The molecule has 174 valence electrons. The molecule has 1 aliphatic rings. The molecule has 2 heterocycles. The molecular weight excluding hydrogens is 522 g/mol. The van der Waals surface area contributed by atoms with Crippen LogP contribution in [0.25, 0.3) is 6.08 Å². The summed E-state index contributed by atoms with van der Waals surface area (Å²) in [5.74, 6) is -0.639. The Hall–Kier alpha value is -3.28. The van der Waals surface area contributed by atoms with E-state index in [4.69, 9.17) is 9.26 Å². The lowest BCUT2D eigenvalue weighted by Gasteiger charge is -2.18. The minimum atomic E-state index is -0.437. The van der Waals surface area contributed by atoms with Crippen molar-refractivity contribution in [2.45, 2.75) is 6.54 Å². The Morgan fingerprint density at radius 3 is 2.88 bits per heavy atom. The van der Waals surface area contributed by atoms with Crippen LogP contribution < -0.4 is 14.7 Å². The summed E-state index contributed by atoms with van der Waals surface area (Å²) >= 11 is 4.57. The standard InChI is InChI=1S/C23H20BrN5O4S/c1-32-11-10-28-14-21(33-27-28)26-20(30)15-34-23-25-19(13-16-6-5-7-17(24)12-16)22(31)29(23)18-8-3-2-4-9-18/h2-9,12-14H,10-11,15H2,1H3/b19-13+. The highest BCUT2D eigenvalue weighted by atomic mass is 79.9. The van der Waals surface area contributed by atoms with Gasteiger partial charge in [0, 0.05) is 17.3 Å². The topological polar surface area (TPSA) is 107 Å². The van der Waals surface area contributed by atoms with Crippen molar-refractivity contribution in [3.8, 4) is 0 Å². The second-order valence-electron chi connectivity index (χ2n) is 7.05. The number of aromatic nitrogens is 2. The summed E-state index contributed by atoms with van der Waals surface area (Å²) in [4.78, 5) is 23.2. The number of nitrogens with zero attached hydrogens (tertiary/aromatic N) is 5. The number of anilines is 1. The molecule has 0 spiro atoms. The Kier molecular flexibility index (Phi) is 7.88. The molecule has 0 aliphatic carbocycles. The van der Waals surface area contributed by atoms with E-state index >= 15 is 0 Å². The van der Waals surface area contributed by atoms with Crippen LogP contribution >= 0.6 is 27.7 Å². The number of rotatable bonds is 8.